The summed E-state index contributed by atoms with van der Waals surface area (Å²) < 4.78 is 5.53. The van der Waals surface area contributed by atoms with Crippen molar-refractivity contribution in [3.05, 3.63) is 54.1 Å². The third kappa shape index (κ3) is 5.26. The Hall–Kier alpha value is -1.61. The van der Waals surface area contributed by atoms with Gasteiger partial charge in [-0.05, 0) is 18.6 Å². The molecular formula is C16H22O2Si. The fraction of sp³-hybridized carbons (Fsp3) is 0.312. The molecule has 0 spiro atoms. The van der Waals surface area contributed by atoms with Gasteiger partial charge < -0.3 is 4.74 Å². The molecule has 1 aromatic rings. The molecule has 0 aliphatic heterocycles. The summed E-state index contributed by atoms with van der Waals surface area (Å²) in [6.07, 6.45) is 4.00. The summed E-state index contributed by atoms with van der Waals surface area (Å²) in [6.45, 7) is 11.8. The van der Waals surface area contributed by atoms with Crippen molar-refractivity contribution in [2.24, 2.45) is 0 Å². The highest BCUT2D eigenvalue weighted by molar-refractivity contribution is 6.78. The average molecular weight is 274 g/mol. The number of ether oxygens (including phenoxy) is 1. The van der Waals surface area contributed by atoms with Gasteiger partial charge in [0, 0.05) is 5.57 Å². The zero-order chi connectivity index (χ0) is 14.5. The molecule has 0 heterocycles. The van der Waals surface area contributed by atoms with Gasteiger partial charge in [0.2, 0.25) is 0 Å². The molecule has 19 heavy (non-hydrogen) atoms. The van der Waals surface area contributed by atoms with Gasteiger partial charge in [-0.3, -0.25) is 0 Å². The standard InChI is InChI=1S/C16H22O2Si/c1-13(2)16(17)18-15(19(3,4)5)12-11-14-9-7-6-8-10-14/h6-12,15H,1H2,2-5H3. The molecule has 3 heteroatoms. The van der Waals surface area contributed by atoms with E-state index in [9.17, 15) is 4.79 Å². The number of benzene rings is 1. The summed E-state index contributed by atoms with van der Waals surface area (Å²) in [4.78, 5) is 11.7. The average Bonchev–Trinajstić information content (AvgIpc) is 2.33. The molecule has 1 aromatic carbocycles. The molecule has 2 nitrogen and oxygen atoms in total. The smallest absolute Gasteiger partial charge is 0.333 e. The highest BCUT2D eigenvalue weighted by Gasteiger charge is 2.28. The van der Waals surface area contributed by atoms with Crippen LogP contribution in [0.3, 0.4) is 0 Å². The van der Waals surface area contributed by atoms with Gasteiger partial charge in [0.15, 0.2) is 0 Å². The van der Waals surface area contributed by atoms with Gasteiger partial charge in [-0.15, -0.1) is 0 Å². The fourth-order valence-corrected chi connectivity index (χ4v) is 2.62. The molecule has 0 saturated heterocycles. The van der Waals surface area contributed by atoms with E-state index in [4.69, 9.17) is 4.74 Å². The predicted octanol–water partition coefficient (Wildman–Crippen LogP) is 4.07. The Morgan fingerprint density at radius 3 is 2.32 bits per heavy atom. The quantitative estimate of drug-likeness (QED) is 0.460. The van der Waals surface area contributed by atoms with Crippen LogP contribution in [0.4, 0.5) is 0 Å². The van der Waals surface area contributed by atoms with Gasteiger partial charge in [-0.1, -0.05) is 62.6 Å². The van der Waals surface area contributed by atoms with Crippen LogP contribution < -0.4 is 0 Å². The van der Waals surface area contributed by atoms with Crippen LogP contribution in [0, 0.1) is 0 Å². The van der Waals surface area contributed by atoms with E-state index in [1.165, 1.54) is 0 Å². The first-order valence-electron chi connectivity index (χ1n) is 6.40. The number of hydrogen-bond acceptors (Lipinski definition) is 2. The summed E-state index contributed by atoms with van der Waals surface area (Å²) in [5.41, 5.74) is 1.41. The minimum Gasteiger partial charge on any atom is -0.459 e. The molecule has 0 aromatic heterocycles. The molecule has 1 unspecified atom stereocenters. The van der Waals surface area contributed by atoms with Crippen LogP contribution in [0.2, 0.25) is 19.6 Å². The van der Waals surface area contributed by atoms with E-state index >= 15 is 0 Å². The van der Waals surface area contributed by atoms with Crippen molar-refractivity contribution in [3.63, 3.8) is 0 Å². The van der Waals surface area contributed by atoms with Crippen LogP contribution in [0.1, 0.15) is 12.5 Å². The molecule has 0 bridgehead atoms. The molecule has 0 fully saturated rings. The fourth-order valence-electron chi connectivity index (χ4n) is 1.48. The molecule has 0 aliphatic rings. The number of esters is 1. The molecule has 1 atom stereocenters. The first-order chi connectivity index (χ1) is 8.80. The van der Waals surface area contributed by atoms with E-state index in [1.807, 2.05) is 42.5 Å². The zero-order valence-electron chi connectivity index (χ0n) is 12.1. The van der Waals surface area contributed by atoms with E-state index in [0.717, 1.165) is 5.56 Å². The summed E-state index contributed by atoms with van der Waals surface area (Å²) in [5, 5.41) is 0. The maximum atomic E-state index is 11.7. The predicted molar refractivity (Wildman–Crippen MR) is 83.5 cm³/mol. The number of rotatable bonds is 5. The highest BCUT2D eigenvalue weighted by Crippen LogP contribution is 2.16. The Bertz CT molecular complexity index is 469. The van der Waals surface area contributed by atoms with Crippen LogP contribution in [0.5, 0.6) is 0 Å². The normalized spacial score (nSPS) is 13.3. The van der Waals surface area contributed by atoms with Crippen LogP contribution in [0.25, 0.3) is 6.08 Å². The lowest BCUT2D eigenvalue weighted by atomic mass is 10.2. The Morgan fingerprint density at radius 2 is 1.84 bits per heavy atom. The van der Waals surface area contributed by atoms with E-state index in [1.54, 1.807) is 6.92 Å². The van der Waals surface area contributed by atoms with Gasteiger partial charge in [-0.2, -0.15) is 0 Å². The Morgan fingerprint density at radius 1 is 1.26 bits per heavy atom. The van der Waals surface area contributed by atoms with Crippen molar-refractivity contribution >= 4 is 20.1 Å². The zero-order valence-corrected chi connectivity index (χ0v) is 13.1. The van der Waals surface area contributed by atoms with Crippen LogP contribution >= 0.6 is 0 Å². The first kappa shape index (κ1) is 15.4. The van der Waals surface area contributed by atoms with Gasteiger partial charge in [0.25, 0.3) is 0 Å². The SMILES string of the molecule is C=C(C)C(=O)OC(C=Cc1ccccc1)[Si](C)(C)C. The minimum absolute atomic E-state index is 0.142. The Kier molecular flexibility index (Phi) is 5.30. The van der Waals surface area contributed by atoms with Gasteiger partial charge in [-0.25, -0.2) is 4.79 Å². The van der Waals surface area contributed by atoms with Crippen molar-refractivity contribution in [1.82, 2.24) is 0 Å². The summed E-state index contributed by atoms with van der Waals surface area (Å²) in [5.74, 6) is -0.315. The molecule has 0 aliphatic carbocycles. The van der Waals surface area contributed by atoms with E-state index in [-0.39, 0.29) is 11.7 Å². The maximum Gasteiger partial charge on any atom is 0.333 e. The third-order valence-electron chi connectivity index (χ3n) is 2.70. The maximum absolute atomic E-state index is 11.7. The largest absolute Gasteiger partial charge is 0.459 e. The van der Waals surface area contributed by atoms with Crippen molar-refractivity contribution < 1.29 is 9.53 Å². The van der Waals surface area contributed by atoms with E-state index in [0.29, 0.717) is 5.57 Å². The number of carbonyl (C=O) groups is 1. The summed E-state index contributed by atoms with van der Waals surface area (Å²) >= 11 is 0. The topological polar surface area (TPSA) is 26.3 Å². The molecule has 0 amide bonds. The Balaban J connectivity index is 2.85. The number of carbonyl (C=O) groups excluding carboxylic acids is 1. The summed E-state index contributed by atoms with van der Waals surface area (Å²) in [7, 11) is -1.62. The van der Waals surface area contributed by atoms with Gasteiger partial charge in [0.05, 0.1) is 8.07 Å². The molecule has 0 N–H and O–H groups in total. The van der Waals surface area contributed by atoms with E-state index in [2.05, 4.69) is 26.2 Å². The van der Waals surface area contributed by atoms with Crippen LogP contribution in [0.15, 0.2) is 48.6 Å². The molecule has 1 rings (SSSR count). The van der Waals surface area contributed by atoms with Crippen molar-refractivity contribution in [2.75, 3.05) is 0 Å². The number of hydrogen-bond donors (Lipinski definition) is 0. The molecule has 0 saturated carbocycles. The minimum atomic E-state index is -1.62. The monoisotopic (exact) mass is 274 g/mol. The van der Waals surface area contributed by atoms with Crippen molar-refractivity contribution in [3.8, 4) is 0 Å². The first-order valence-corrected chi connectivity index (χ1v) is 9.98. The Labute approximate surface area is 116 Å². The van der Waals surface area contributed by atoms with Gasteiger partial charge >= 0.3 is 5.97 Å². The van der Waals surface area contributed by atoms with Crippen LogP contribution in [-0.4, -0.2) is 19.8 Å². The second-order valence-corrected chi connectivity index (χ2v) is 11.0. The van der Waals surface area contributed by atoms with Crippen molar-refractivity contribution in [1.29, 1.82) is 0 Å². The lowest BCUT2D eigenvalue weighted by Crippen LogP contribution is -2.40. The summed E-state index contributed by atoms with van der Waals surface area (Å²) in [6, 6.07) is 10.0. The van der Waals surface area contributed by atoms with Crippen molar-refractivity contribution in [2.45, 2.75) is 32.3 Å². The van der Waals surface area contributed by atoms with Crippen LogP contribution in [-0.2, 0) is 9.53 Å². The molecular weight excluding hydrogens is 252 g/mol. The van der Waals surface area contributed by atoms with E-state index < -0.39 is 8.07 Å². The third-order valence-corrected chi connectivity index (χ3v) is 4.72. The second-order valence-electron chi connectivity index (χ2n) is 5.74. The molecule has 102 valence electrons. The second kappa shape index (κ2) is 6.52. The van der Waals surface area contributed by atoms with Gasteiger partial charge in [0.1, 0.15) is 5.73 Å². The highest BCUT2D eigenvalue weighted by atomic mass is 28.3. The molecule has 0 radical (unpaired) electrons. The lowest BCUT2D eigenvalue weighted by molar-refractivity contribution is -0.139. The lowest BCUT2D eigenvalue weighted by Gasteiger charge is -2.26.